The smallest absolute Gasteiger partial charge is 0.255 e. The summed E-state index contributed by atoms with van der Waals surface area (Å²) in [5.41, 5.74) is 6.72. The molecule has 1 amide bonds. The highest BCUT2D eigenvalue weighted by Gasteiger charge is 2.16. The third kappa shape index (κ3) is 4.34. The third-order valence-corrected chi connectivity index (χ3v) is 2.70. The van der Waals surface area contributed by atoms with E-state index in [1.807, 2.05) is 0 Å². The van der Waals surface area contributed by atoms with Crippen molar-refractivity contribution in [2.24, 2.45) is 0 Å². The first kappa shape index (κ1) is 16.2. The number of carbonyl (C=O) groups is 1. The number of carbonyl (C=O) groups excluding carboxylic acids is 1. The predicted octanol–water partition coefficient (Wildman–Crippen LogP) is 1.08. The van der Waals surface area contributed by atoms with E-state index in [0.717, 1.165) is 0 Å². The summed E-state index contributed by atoms with van der Waals surface area (Å²) in [6.45, 7) is 1.44. The number of nitrogens with two attached hydrogens (primary N) is 1. The maximum atomic E-state index is 12.6. The number of anilines is 2. The summed E-state index contributed by atoms with van der Waals surface area (Å²) >= 11 is 0. The molecule has 0 bridgehead atoms. The fraction of sp³-hybridized carbons (Fsp3) is 0.462. The lowest BCUT2D eigenvalue weighted by atomic mass is 10.1. The average Bonchev–Trinajstić information content (AvgIpc) is 2.38. The lowest BCUT2D eigenvalue weighted by molar-refractivity contribution is 0.0956. The Morgan fingerprint density at radius 2 is 2.20 bits per heavy atom. The van der Waals surface area contributed by atoms with Gasteiger partial charge in [0.25, 0.3) is 12.3 Å². The molecule has 0 aromatic heterocycles. The van der Waals surface area contributed by atoms with Crippen LogP contribution in [0.15, 0.2) is 18.2 Å². The van der Waals surface area contributed by atoms with E-state index >= 15 is 0 Å². The molecule has 0 fully saturated rings. The molecule has 0 radical (unpaired) electrons. The van der Waals surface area contributed by atoms with Crippen LogP contribution < -0.4 is 16.0 Å². The Hall–Kier alpha value is -1.89. The van der Waals surface area contributed by atoms with Crippen LogP contribution in [0.3, 0.4) is 0 Å². The average molecular weight is 287 g/mol. The molecule has 0 atom stereocenters. The van der Waals surface area contributed by atoms with Crippen molar-refractivity contribution in [3.05, 3.63) is 23.8 Å². The summed E-state index contributed by atoms with van der Waals surface area (Å²) in [5.74, 6) is -0.297. The number of halogens is 2. The molecule has 0 saturated heterocycles. The maximum absolute atomic E-state index is 12.6. The summed E-state index contributed by atoms with van der Waals surface area (Å²) in [4.78, 5) is 13.0. The molecule has 4 N–H and O–H groups in total. The molecule has 1 aromatic rings. The SMILES string of the molecule is CCNC(=O)c1ccc(N)c(N(CCO)CC(F)F)c1. The Morgan fingerprint density at radius 3 is 2.75 bits per heavy atom. The van der Waals surface area contributed by atoms with Crippen LogP contribution in [-0.2, 0) is 0 Å². The van der Waals surface area contributed by atoms with Gasteiger partial charge in [0.1, 0.15) is 0 Å². The molecule has 20 heavy (non-hydrogen) atoms. The minimum atomic E-state index is -2.56. The summed E-state index contributed by atoms with van der Waals surface area (Å²) < 4.78 is 25.1. The zero-order valence-corrected chi connectivity index (χ0v) is 11.3. The maximum Gasteiger partial charge on any atom is 0.255 e. The van der Waals surface area contributed by atoms with Crippen LogP contribution in [0.1, 0.15) is 17.3 Å². The van der Waals surface area contributed by atoms with Gasteiger partial charge in [-0.05, 0) is 25.1 Å². The Kier molecular flexibility index (Phi) is 6.17. The number of nitrogens with zero attached hydrogens (tertiary/aromatic N) is 1. The molecule has 0 saturated carbocycles. The minimum Gasteiger partial charge on any atom is -0.397 e. The normalized spacial score (nSPS) is 10.7. The van der Waals surface area contributed by atoms with Crippen molar-refractivity contribution >= 4 is 17.3 Å². The number of rotatable bonds is 7. The van der Waals surface area contributed by atoms with Crippen LogP contribution in [-0.4, -0.2) is 43.7 Å². The van der Waals surface area contributed by atoms with Crippen LogP contribution in [0.2, 0.25) is 0 Å². The first-order chi connectivity index (χ1) is 9.49. The molecular formula is C13H19F2N3O2. The van der Waals surface area contributed by atoms with Gasteiger partial charge in [-0.1, -0.05) is 0 Å². The Bertz CT molecular complexity index is 455. The second kappa shape index (κ2) is 7.64. The Balaban J connectivity index is 3.06. The molecule has 0 unspecified atom stereocenters. The van der Waals surface area contributed by atoms with Gasteiger partial charge in [0.2, 0.25) is 0 Å². The van der Waals surface area contributed by atoms with Crippen LogP contribution in [0.25, 0.3) is 0 Å². The van der Waals surface area contributed by atoms with E-state index in [4.69, 9.17) is 10.8 Å². The monoisotopic (exact) mass is 287 g/mol. The van der Waals surface area contributed by atoms with Crippen LogP contribution in [0.5, 0.6) is 0 Å². The molecule has 0 aliphatic heterocycles. The van der Waals surface area contributed by atoms with Gasteiger partial charge in [0, 0.05) is 18.7 Å². The topological polar surface area (TPSA) is 78.6 Å². The van der Waals surface area contributed by atoms with Gasteiger partial charge < -0.3 is 21.1 Å². The molecule has 0 heterocycles. The molecule has 7 heteroatoms. The van der Waals surface area contributed by atoms with E-state index in [2.05, 4.69) is 5.32 Å². The van der Waals surface area contributed by atoms with Crippen molar-refractivity contribution in [1.29, 1.82) is 0 Å². The summed E-state index contributed by atoms with van der Waals surface area (Å²) in [6.07, 6.45) is -2.56. The zero-order chi connectivity index (χ0) is 15.1. The number of aliphatic hydroxyl groups excluding tert-OH is 1. The lowest BCUT2D eigenvalue weighted by Crippen LogP contribution is -2.32. The fourth-order valence-corrected chi connectivity index (χ4v) is 1.82. The zero-order valence-electron chi connectivity index (χ0n) is 11.3. The number of aliphatic hydroxyl groups is 1. The molecule has 0 aliphatic rings. The number of alkyl halides is 2. The lowest BCUT2D eigenvalue weighted by Gasteiger charge is -2.25. The largest absolute Gasteiger partial charge is 0.397 e. The summed E-state index contributed by atoms with van der Waals surface area (Å²) in [5, 5.41) is 11.6. The van der Waals surface area contributed by atoms with E-state index in [1.54, 1.807) is 6.92 Å². The fourth-order valence-electron chi connectivity index (χ4n) is 1.82. The second-order valence-corrected chi connectivity index (χ2v) is 4.19. The van der Waals surface area contributed by atoms with Crippen molar-refractivity contribution in [3.63, 3.8) is 0 Å². The van der Waals surface area contributed by atoms with E-state index in [0.29, 0.717) is 17.8 Å². The van der Waals surface area contributed by atoms with Crippen molar-refractivity contribution in [3.8, 4) is 0 Å². The number of benzene rings is 1. The van der Waals surface area contributed by atoms with Gasteiger partial charge in [-0.15, -0.1) is 0 Å². The van der Waals surface area contributed by atoms with E-state index in [9.17, 15) is 13.6 Å². The number of hydrogen-bond acceptors (Lipinski definition) is 4. The van der Waals surface area contributed by atoms with Gasteiger partial charge >= 0.3 is 0 Å². The second-order valence-electron chi connectivity index (χ2n) is 4.19. The third-order valence-electron chi connectivity index (χ3n) is 2.70. The summed E-state index contributed by atoms with van der Waals surface area (Å²) in [7, 11) is 0. The highest BCUT2D eigenvalue weighted by molar-refractivity contribution is 5.96. The molecule has 1 aromatic carbocycles. The number of hydrogen-bond donors (Lipinski definition) is 3. The van der Waals surface area contributed by atoms with Gasteiger partial charge in [-0.3, -0.25) is 4.79 Å². The molecular weight excluding hydrogens is 268 g/mol. The quantitative estimate of drug-likeness (QED) is 0.656. The van der Waals surface area contributed by atoms with Crippen molar-refractivity contribution in [2.45, 2.75) is 13.3 Å². The van der Waals surface area contributed by atoms with Crippen molar-refractivity contribution in [2.75, 3.05) is 36.9 Å². The molecule has 1 rings (SSSR count). The van der Waals surface area contributed by atoms with Crippen molar-refractivity contribution in [1.82, 2.24) is 5.32 Å². The number of nitrogens with one attached hydrogen (secondary N) is 1. The standard InChI is InChI=1S/C13H19F2N3O2/c1-2-17-13(20)9-3-4-10(16)11(7-9)18(5-6-19)8-12(14)15/h3-4,7,12,19H,2,5-6,8,16H2,1H3,(H,17,20). The summed E-state index contributed by atoms with van der Waals surface area (Å²) in [6, 6.07) is 4.48. The predicted molar refractivity (Wildman–Crippen MR) is 74.2 cm³/mol. The molecule has 0 spiro atoms. The van der Waals surface area contributed by atoms with E-state index in [1.165, 1.54) is 23.1 Å². The van der Waals surface area contributed by atoms with Gasteiger partial charge in [0.15, 0.2) is 0 Å². The van der Waals surface area contributed by atoms with Gasteiger partial charge in [0.05, 0.1) is 24.5 Å². The number of amides is 1. The first-order valence-corrected chi connectivity index (χ1v) is 6.31. The number of nitrogen functional groups attached to an aromatic ring is 1. The van der Waals surface area contributed by atoms with E-state index in [-0.39, 0.29) is 24.7 Å². The molecule has 0 aliphatic carbocycles. The molecule has 112 valence electrons. The highest BCUT2D eigenvalue weighted by atomic mass is 19.3. The minimum absolute atomic E-state index is 0.0212. The van der Waals surface area contributed by atoms with Crippen LogP contribution in [0, 0.1) is 0 Å². The Morgan fingerprint density at radius 1 is 1.50 bits per heavy atom. The highest BCUT2D eigenvalue weighted by Crippen LogP contribution is 2.25. The van der Waals surface area contributed by atoms with Gasteiger partial charge in [-0.25, -0.2) is 8.78 Å². The van der Waals surface area contributed by atoms with Gasteiger partial charge in [-0.2, -0.15) is 0 Å². The van der Waals surface area contributed by atoms with Crippen LogP contribution >= 0.6 is 0 Å². The first-order valence-electron chi connectivity index (χ1n) is 6.31. The van der Waals surface area contributed by atoms with E-state index < -0.39 is 13.0 Å². The molecule has 5 nitrogen and oxygen atoms in total. The van der Waals surface area contributed by atoms with Crippen molar-refractivity contribution < 1.29 is 18.7 Å². The Labute approximate surface area is 116 Å². The van der Waals surface area contributed by atoms with Crippen LogP contribution in [0.4, 0.5) is 20.2 Å².